The molecular weight excluding hydrogens is 260 g/mol. The maximum absolute atomic E-state index is 5.16. The molecule has 0 aromatic heterocycles. The van der Waals surface area contributed by atoms with Crippen molar-refractivity contribution in [2.24, 2.45) is 0 Å². The second-order valence-electron chi connectivity index (χ2n) is 2.99. The lowest BCUT2D eigenvalue weighted by atomic mass is 11.0. The van der Waals surface area contributed by atoms with Crippen molar-refractivity contribution in [3.8, 4) is 0 Å². The van der Waals surface area contributed by atoms with Crippen molar-refractivity contribution in [3.05, 3.63) is 0 Å². The molecule has 0 unspecified atom stereocenters. The topological polar surface area (TPSA) is 3.24 Å². The van der Waals surface area contributed by atoms with Crippen molar-refractivity contribution >= 4 is 67.5 Å². The summed E-state index contributed by atoms with van der Waals surface area (Å²) in [6.07, 6.45) is 0. The number of hydrogen-bond acceptors (Lipinski definition) is 5. The fourth-order valence-electron chi connectivity index (χ4n) is 0.237. The van der Waals surface area contributed by atoms with Crippen LogP contribution in [0.15, 0.2) is 0 Å². The van der Waals surface area contributed by atoms with E-state index in [4.69, 9.17) is 24.4 Å². The lowest BCUT2D eigenvalue weighted by molar-refractivity contribution is -0.634. The predicted octanol–water partition coefficient (Wildman–Crippen LogP) is 2.42. The molecule has 76 valence electrons. The van der Waals surface area contributed by atoms with Crippen LogP contribution in [0.2, 0.25) is 0 Å². The fraction of sp³-hybridized carbons (Fsp3) is 0.667. The monoisotopic (exact) mass is 273 g/mol. The second-order valence-corrected chi connectivity index (χ2v) is 7.38. The Morgan fingerprint density at radius 2 is 1.69 bits per heavy atom. The van der Waals surface area contributed by atoms with Gasteiger partial charge in [0.15, 0.2) is 0 Å². The molecule has 0 radical (unpaired) electrons. The van der Waals surface area contributed by atoms with Gasteiger partial charge < -0.3 is 4.90 Å². The molecule has 2 nitrogen and oxygen atoms in total. The van der Waals surface area contributed by atoms with E-state index in [-0.39, 0.29) is 0 Å². The van der Waals surface area contributed by atoms with Crippen LogP contribution in [0.4, 0.5) is 0 Å². The number of nitrogens with zero attached hydrogens (tertiary/aromatic N) is 2. The van der Waals surface area contributed by atoms with E-state index < -0.39 is 0 Å². The Bertz CT molecular complexity index is 208. The quantitative estimate of drug-likeness (QED) is 0.311. The lowest BCUT2D eigenvalue weighted by Crippen LogP contribution is -2.31. The molecule has 0 saturated carbocycles. The summed E-state index contributed by atoms with van der Waals surface area (Å²) >= 11 is 14.6. The summed E-state index contributed by atoms with van der Waals surface area (Å²) in [5.41, 5.74) is 0. The minimum Gasteiger partial charge on any atom is -0.363 e. The molecule has 0 aliphatic rings. The van der Waals surface area contributed by atoms with Gasteiger partial charge in [0.2, 0.25) is 0 Å². The normalized spacial score (nSPS) is 11.2. The van der Waals surface area contributed by atoms with Gasteiger partial charge >= 0.3 is 0 Å². The summed E-state index contributed by atoms with van der Waals surface area (Å²) in [6.45, 7) is 0. The maximum Gasteiger partial charge on any atom is 0.255 e. The van der Waals surface area contributed by atoms with Gasteiger partial charge in [-0.05, 0) is 23.0 Å². The van der Waals surface area contributed by atoms with Crippen molar-refractivity contribution in [2.75, 3.05) is 28.2 Å². The van der Waals surface area contributed by atoms with Gasteiger partial charge in [0.25, 0.3) is 4.32 Å². The molecule has 7 heteroatoms. The highest BCUT2D eigenvalue weighted by atomic mass is 33.1. The first-order chi connectivity index (χ1) is 5.75. The molecule has 0 heterocycles. The highest BCUT2D eigenvalue weighted by molar-refractivity contribution is 8.89. The third-order valence-electron chi connectivity index (χ3n) is 0.996. The van der Waals surface area contributed by atoms with Crippen molar-refractivity contribution in [1.29, 1.82) is 0 Å². The lowest BCUT2D eigenvalue weighted by Gasteiger charge is -2.20. The van der Waals surface area contributed by atoms with E-state index in [1.165, 1.54) is 21.6 Å². The van der Waals surface area contributed by atoms with E-state index >= 15 is 0 Å². The van der Waals surface area contributed by atoms with Crippen LogP contribution in [0.5, 0.6) is 0 Å². The average Bonchev–Trinajstić information content (AvgIpc) is 1.97. The SMILES string of the molecule is CN(C)C(=S)SSC(=S)[N+](C)(C)S. The first-order valence-corrected chi connectivity index (χ1v) is 6.79. The predicted molar refractivity (Wildman–Crippen MR) is 75.2 cm³/mol. The van der Waals surface area contributed by atoms with Gasteiger partial charge in [0, 0.05) is 24.9 Å². The second kappa shape index (κ2) is 5.77. The zero-order valence-electron chi connectivity index (χ0n) is 7.97. The van der Waals surface area contributed by atoms with E-state index in [2.05, 4.69) is 12.8 Å². The Kier molecular flexibility index (Phi) is 6.21. The zero-order chi connectivity index (χ0) is 10.6. The van der Waals surface area contributed by atoms with Gasteiger partial charge in [0.1, 0.15) is 4.32 Å². The highest BCUT2D eigenvalue weighted by Crippen LogP contribution is 2.30. The minimum atomic E-state index is 0.378. The van der Waals surface area contributed by atoms with Crippen LogP contribution in [-0.2, 0) is 0 Å². The summed E-state index contributed by atoms with van der Waals surface area (Å²) in [4.78, 5) is 1.88. The smallest absolute Gasteiger partial charge is 0.255 e. The Balaban J connectivity index is 3.92. The van der Waals surface area contributed by atoms with Gasteiger partial charge in [-0.1, -0.05) is 12.2 Å². The van der Waals surface area contributed by atoms with E-state index in [9.17, 15) is 0 Å². The molecule has 0 aromatic carbocycles. The van der Waals surface area contributed by atoms with E-state index in [1.54, 1.807) is 0 Å². The van der Waals surface area contributed by atoms with Crippen LogP contribution in [-0.4, -0.2) is 45.6 Å². The average molecular weight is 274 g/mol. The Morgan fingerprint density at radius 1 is 1.23 bits per heavy atom. The van der Waals surface area contributed by atoms with E-state index in [1.807, 2.05) is 33.1 Å². The summed E-state index contributed by atoms with van der Waals surface area (Å²) < 4.78 is 1.98. The molecule has 0 N–H and O–H groups in total. The molecule has 0 saturated heterocycles. The van der Waals surface area contributed by atoms with Crippen LogP contribution in [0.1, 0.15) is 0 Å². The Hall–Kier alpha value is 0.990. The largest absolute Gasteiger partial charge is 0.363 e. The molecule has 0 fully saturated rings. The Morgan fingerprint density at radius 3 is 2.00 bits per heavy atom. The molecule has 0 spiro atoms. The van der Waals surface area contributed by atoms with Crippen LogP contribution < -0.4 is 0 Å². The van der Waals surface area contributed by atoms with Crippen LogP contribution in [0.25, 0.3) is 0 Å². The third-order valence-corrected chi connectivity index (χ3v) is 5.81. The van der Waals surface area contributed by atoms with Crippen LogP contribution >= 0.6 is 58.8 Å². The van der Waals surface area contributed by atoms with Gasteiger partial charge in [-0.3, -0.25) is 0 Å². The molecule has 0 aliphatic carbocycles. The first-order valence-electron chi connectivity index (χ1n) is 3.42. The molecule has 0 rings (SSSR count). The minimum absolute atomic E-state index is 0.378. The van der Waals surface area contributed by atoms with Gasteiger partial charge in [-0.2, -0.15) is 0 Å². The van der Waals surface area contributed by atoms with E-state index in [0.717, 1.165) is 8.64 Å². The zero-order valence-corrected chi connectivity index (χ0v) is 12.1. The summed E-state index contributed by atoms with van der Waals surface area (Å²) in [5.74, 6) is 0. The number of thiol groups is 1. The van der Waals surface area contributed by atoms with Crippen molar-refractivity contribution < 1.29 is 3.89 Å². The van der Waals surface area contributed by atoms with Crippen molar-refractivity contribution in [2.45, 2.75) is 0 Å². The van der Waals surface area contributed by atoms with E-state index in [0.29, 0.717) is 3.89 Å². The molecule has 0 amide bonds. The van der Waals surface area contributed by atoms with Crippen LogP contribution in [0.3, 0.4) is 0 Å². The summed E-state index contributed by atoms with van der Waals surface area (Å²) in [5, 5.41) is 0. The van der Waals surface area contributed by atoms with Crippen LogP contribution in [0, 0.1) is 0 Å². The Labute approximate surface area is 104 Å². The number of rotatable bonds is 0. The number of quaternary nitrogens is 1. The molecule has 0 bridgehead atoms. The fourth-order valence-corrected chi connectivity index (χ4v) is 3.05. The standard InChI is InChI=1S/C6H13N2S5/c1-7(2)5(9)12-13-6(10)8(3,4)11/h11H,1-4H3/q+1. The van der Waals surface area contributed by atoms with Gasteiger partial charge in [-0.25, -0.2) is 3.89 Å². The number of hydrogen-bond donors (Lipinski definition) is 1. The van der Waals surface area contributed by atoms with Crippen molar-refractivity contribution in [1.82, 2.24) is 4.90 Å². The van der Waals surface area contributed by atoms with Crippen molar-refractivity contribution in [3.63, 3.8) is 0 Å². The van der Waals surface area contributed by atoms with Gasteiger partial charge in [0.05, 0.1) is 26.9 Å². The molecular formula is C6H13N2S5+. The molecule has 0 atom stereocenters. The summed E-state index contributed by atoms with van der Waals surface area (Å²) in [7, 11) is 10.6. The first kappa shape index (κ1) is 14.0. The maximum atomic E-state index is 5.16. The third kappa shape index (κ3) is 6.14. The number of thiocarbonyl (C=S) groups is 2. The molecule has 0 aliphatic heterocycles. The summed E-state index contributed by atoms with van der Waals surface area (Å²) in [6, 6.07) is 0. The molecule has 13 heavy (non-hydrogen) atoms. The highest BCUT2D eigenvalue weighted by Gasteiger charge is 2.19. The van der Waals surface area contributed by atoms with Gasteiger partial charge in [-0.15, -0.1) is 0 Å². The molecule has 0 aromatic rings.